The van der Waals surface area contributed by atoms with Gasteiger partial charge >= 0.3 is 0 Å². The smallest absolute Gasteiger partial charge is 0.00211 e. The fraction of sp³-hybridized carbons (Fsp3) is 1.00. The van der Waals surface area contributed by atoms with Gasteiger partial charge in [0.05, 0.1) is 0 Å². The van der Waals surface area contributed by atoms with Gasteiger partial charge in [0.15, 0.2) is 0 Å². The van der Waals surface area contributed by atoms with E-state index in [9.17, 15) is 0 Å². The van der Waals surface area contributed by atoms with Gasteiger partial charge in [0, 0.05) is 5.25 Å². The SMILES string of the molecule is CCCCSC(C)CC(C)C. The Kier molecular flexibility index (Phi) is 7.25. The molecule has 0 saturated carbocycles. The van der Waals surface area contributed by atoms with Crippen LogP contribution in [0, 0.1) is 5.92 Å². The lowest BCUT2D eigenvalue weighted by Crippen LogP contribution is -2.02. The van der Waals surface area contributed by atoms with Crippen LogP contribution < -0.4 is 0 Å². The van der Waals surface area contributed by atoms with Gasteiger partial charge in [-0.15, -0.1) is 0 Å². The molecular weight excluding hydrogens is 152 g/mol. The largest absolute Gasteiger partial charge is 0.159 e. The van der Waals surface area contributed by atoms with E-state index in [-0.39, 0.29) is 0 Å². The van der Waals surface area contributed by atoms with Crippen molar-refractivity contribution in [2.45, 2.75) is 52.2 Å². The van der Waals surface area contributed by atoms with E-state index in [2.05, 4.69) is 39.5 Å². The molecule has 0 aliphatic rings. The summed E-state index contributed by atoms with van der Waals surface area (Å²) in [5.74, 6) is 2.21. The van der Waals surface area contributed by atoms with Crippen LogP contribution in [0.25, 0.3) is 0 Å². The first-order valence-electron chi connectivity index (χ1n) is 4.78. The molecule has 0 saturated heterocycles. The molecule has 0 aliphatic carbocycles. The van der Waals surface area contributed by atoms with Crippen molar-refractivity contribution in [3.63, 3.8) is 0 Å². The Morgan fingerprint density at radius 1 is 1.18 bits per heavy atom. The van der Waals surface area contributed by atoms with Gasteiger partial charge in [-0.2, -0.15) is 11.8 Å². The summed E-state index contributed by atoms with van der Waals surface area (Å²) in [4.78, 5) is 0. The summed E-state index contributed by atoms with van der Waals surface area (Å²) in [6.07, 6.45) is 4.09. The van der Waals surface area contributed by atoms with Gasteiger partial charge in [-0.3, -0.25) is 0 Å². The topological polar surface area (TPSA) is 0 Å². The molecule has 0 fully saturated rings. The Labute approximate surface area is 76.1 Å². The van der Waals surface area contributed by atoms with Crippen molar-refractivity contribution in [1.82, 2.24) is 0 Å². The average Bonchev–Trinajstić information content (AvgIpc) is 1.86. The van der Waals surface area contributed by atoms with Crippen LogP contribution in [0.5, 0.6) is 0 Å². The van der Waals surface area contributed by atoms with Crippen LogP contribution in [-0.4, -0.2) is 11.0 Å². The maximum Gasteiger partial charge on any atom is 0.00211 e. The monoisotopic (exact) mass is 174 g/mol. The average molecular weight is 174 g/mol. The summed E-state index contributed by atoms with van der Waals surface area (Å²) in [5.41, 5.74) is 0. The van der Waals surface area contributed by atoms with E-state index in [1.807, 2.05) is 0 Å². The van der Waals surface area contributed by atoms with E-state index in [1.54, 1.807) is 0 Å². The van der Waals surface area contributed by atoms with Crippen LogP contribution in [0.4, 0.5) is 0 Å². The van der Waals surface area contributed by atoms with Crippen molar-refractivity contribution in [3.8, 4) is 0 Å². The van der Waals surface area contributed by atoms with E-state index in [4.69, 9.17) is 0 Å². The highest BCUT2D eigenvalue weighted by atomic mass is 32.2. The Morgan fingerprint density at radius 2 is 1.82 bits per heavy atom. The maximum atomic E-state index is 2.35. The highest BCUT2D eigenvalue weighted by Gasteiger charge is 2.03. The lowest BCUT2D eigenvalue weighted by atomic mass is 10.1. The van der Waals surface area contributed by atoms with Gasteiger partial charge in [-0.05, 0) is 24.5 Å². The molecule has 0 aromatic rings. The minimum Gasteiger partial charge on any atom is -0.159 e. The maximum absolute atomic E-state index is 2.35. The summed E-state index contributed by atoms with van der Waals surface area (Å²) < 4.78 is 0. The van der Waals surface area contributed by atoms with Gasteiger partial charge in [-0.1, -0.05) is 34.1 Å². The molecule has 0 aromatic carbocycles. The fourth-order valence-electron chi connectivity index (χ4n) is 1.16. The first kappa shape index (κ1) is 11.4. The third-order valence-corrected chi connectivity index (χ3v) is 2.99. The molecule has 0 nitrogen and oxygen atoms in total. The molecule has 0 aliphatic heterocycles. The van der Waals surface area contributed by atoms with Crippen molar-refractivity contribution in [2.24, 2.45) is 5.92 Å². The highest BCUT2D eigenvalue weighted by molar-refractivity contribution is 7.99. The van der Waals surface area contributed by atoms with Crippen LogP contribution in [-0.2, 0) is 0 Å². The lowest BCUT2D eigenvalue weighted by Gasteiger charge is -2.12. The van der Waals surface area contributed by atoms with Crippen molar-refractivity contribution < 1.29 is 0 Å². The van der Waals surface area contributed by atoms with Gasteiger partial charge in [0.25, 0.3) is 0 Å². The molecule has 0 spiro atoms. The van der Waals surface area contributed by atoms with E-state index >= 15 is 0 Å². The Morgan fingerprint density at radius 3 is 2.27 bits per heavy atom. The molecule has 11 heavy (non-hydrogen) atoms. The standard InChI is InChI=1S/C10H22S/c1-5-6-7-11-10(4)8-9(2)3/h9-10H,5-8H2,1-4H3. The van der Waals surface area contributed by atoms with Gasteiger partial charge in [0.2, 0.25) is 0 Å². The molecule has 68 valence electrons. The minimum absolute atomic E-state index is 0.860. The van der Waals surface area contributed by atoms with Gasteiger partial charge in [0.1, 0.15) is 0 Å². The third-order valence-electron chi connectivity index (χ3n) is 1.70. The molecule has 0 amide bonds. The summed E-state index contributed by atoms with van der Waals surface area (Å²) in [7, 11) is 0. The van der Waals surface area contributed by atoms with Crippen molar-refractivity contribution in [1.29, 1.82) is 0 Å². The fourth-order valence-corrected chi connectivity index (χ4v) is 2.54. The predicted octanol–water partition coefficient (Wildman–Crippen LogP) is 3.95. The molecule has 0 radical (unpaired) electrons. The normalized spacial score (nSPS) is 13.9. The highest BCUT2D eigenvalue weighted by Crippen LogP contribution is 2.19. The zero-order valence-corrected chi connectivity index (χ0v) is 9.21. The molecule has 0 bridgehead atoms. The Bertz CT molecular complexity index is 78.9. The quantitative estimate of drug-likeness (QED) is 0.549. The van der Waals surface area contributed by atoms with E-state index in [1.165, 1.54) is 25.0 Å². The molecule has 0 rings (SSSR count). The molecule has 0 heterocycles. The van der Waals surface area contributed by atoms with Gasteiger partial charge in [-0.25, -0.2) is 0 Å². The number of hydrogen-bond donors (Lipinski definition) is 0. The zero-order valence-electron chi connectivity index (χ0n) is 8.39. The van der Waals surface area contributed by atoms with Crippen molar-refractivity contribution in [2.75, 3.05) is 5.75 Å². The molecule has 1 unspecified atom stereocenters. The van der Waals surface area contributed by atoms with Crippen LogP contribution in [0.1, 0.15) is 47.0 Å². The van der Waals surface area contributed by atoms with Crippen molar-refractivity contribution >= 4 is 11.8 Å². The predicted molar refractivity (Wildman–Crippen MR) is 56.3 cm³/mol. The molecule has 1 atom stereocenters. The second-order valence-electron chi connectivity index (χ2n) is 3.66. The second-order valence-corrected chi connectivity index (χ2v) is 5.21. The zero-order chi connectivity index (χ0) is 8.69. The van der Waals surface area contributed by atoms with Crippen LogP contribution in [0.3, 0.4) is 0 Å². The Hall–Kier alpha value is 0.350. The first-order valence-corrected chi connectivity index (χ1v) is 5.83. The third kappa shape index (κ3) is 8.25. The van der Waals surface area contributed by atoms with Gasteiger partial charge < -0.3 is 0 Å². The summed E-state index contributed by atoms with van der Waals surface area (Å²) in [6.45, 7) is 9.21. The van der Waals surface area contributed by atoms with Crippen LogP contribution in [0.15, 0.2) is 0 Å². The number of thioether (sulfide) groups is 1. The summed E-state index contributed by atoms with van der Waals surface area (Å²) in [6, 6.07) is 0. The van der Waals surface area contributed by atoms with Crippen molar-refractivity contribution in [3.05, 3.63) is 0 Å². The van der Waals surface area contributed by atoms with E-state index in [0.717, 1.165) is 11.2 Å². The number of rotatable bonds is 6. The summed E-state index contributed by atoms with van der Waals surface area (Å²) >= 11 is 2.13. The van der Waals surface area contributed by atoms with E-state index < -0.39 is 0 Å². The van der Waals surface area contributed by atoms with Crippen LogP contribution >= 0.6 is 11.8 Å². The Balaban J connectivity index is 3.15. The second kappa shape index (κ2) is 7.02. The van der Waals surface area contributed by atoms with Crippen LogP contribution in [0.2, 0.25) is 0 Å². The number of hydrogen-bond acceptors (Lipinski definition) is 1. The summed E-state index contributed by atoms with van der Waals surface area (Å²) in [5, 5.41) is 0.863. The first-order chi connectivity index (χ1) is 5.16. The molecule has 1 heteroatoms. The number of unbranched alkanes of at least 4 members (excludes halogenated alkanes) is 1. The van der Waals surface area contributed by atoms with E-state index in [0.29, 0.717) is 0 Å². The lowest BCUT2D eigenvalue weighted by molar-refractivity contribution is 0.584. The molecule has 0 N–H and O–H groups in total. The molecule has 0 aromatic heterocycles. The molecular formula is C10H22S. The minimum atomic E-state index is 0.860.